The third kappa shape index (κ3) is 3.66. The van der Waals surface area contributed by atoms with Crippen molar-refractivity contribution in [3.63, 3.8) is 0 Å². The van der Waals surface area contributed by atoms with Gasteiger partial charge in [0.05, 0.1) is 23.1 Å². The van der Waals surface area contributed by atoms with Gasteiger partial charge in [-0.3, -0.25) is 5.10 Å². The van der Waals surface area contributed by atoms with Crippen LogP contribution >= 0.6 is 0 Å². The Morgan fingerprint density at radius 1 is 1.19 bits per heavy atom. The molecule has 6 nitrogen and oxygen atoms in total. The Hall–Kier alpha value is -2.97. The summed E-state index contributed by atoms with van der Waals surface area (Å²) >= 11 is 0. The maximum Gasteiger partial charge on any atom is 0.416 e. The predicted octanol–water partition coefficient (Wildman–Crippen LogP) is 3.53. The molecule has 0 atom stereocenters. The topological polar surface area (TPSA) is 70.6 Å². The summed E-state index contributed by atoms with van der Waals surface area (Å²) in [5.41, 5.74) is 2.76. The van der Waals surface area contributed by atoms with Crippen LogP contribution in [0.5, 0.6) is 0 Å². The first-order chi connectivity index (χ1) is 12.3. The molecule has 9 heteroatoms. The molecule has 1 aromatic carbocycles. The van der Waals surface area contributed by atoms with E-state index in [-0.39, 0.29) is 0 Å². The van der Waals surface area contributed by atoms with E-state index in [4.69, 9.17) is 0 Å². The van der Waals surface area contributed by atoms with E-state index in [9.17, 15) is 13.2 Å². The second-order valence-electron chi connectivity index (χ2n) is 5.99. The van der Waals surface area contributed by atoms with Gasteiger partial charge in [0, 0.05) is 30.4 Å². The van der Waals surface area contributed by atoms with Crippen molar-refractivity contribution >= 4 is 5.95 Å². The van der Waals surface area contributed by atoms with Gasteiger partial charge in [0.1, 0.15) is 0 Å². The van der Waals surface area contributed by atoms with Crippen molar-refractivity contribution in [3.8, 4) is 11.3 Å². The van der Waals surface area contributed by atoms with Gasteiger partial charge in [-0.1, -0.05) is 12.1 Å². The molecule has 3 aromatic rings. The van der Waals surface area contributed by atoms with Crippen LogP contribution in [0.2, 0.25) is 0 Å². The fraction of sp³-hybridized carbons (Fsp3) is 0.294. The van der Waals surface area contributed by atoms with E-state index in [1.807, 2.05) is 13.8 Å². The number of nitrogens with zero attached hydrogens (tertiary/aromatic N) is 5. The van der Waals surface area contributed by atoms with Gasteiger partial charge in [0.25, 0.3) is 0 Å². The Balaban J connectivity index is 1.89. The minimum absolute atomic E-state index is 0.319. The van der Waals surface area contributed by atoms with Crippen molar-refractivity contribution in [1.29, 1.82) is 0 Å². The summed E-state index contributed by atoms with van der Waals surface area (Å²) in [5, 5.41) is 14.9. The maximum absolute atomic E-state index is 12.9. The number of nitrogens with one attached hydrogen (secondary N) is 1. The average Bonchev–Trinajstić information content (AvgIpc) is 2.93. The van der Waals surface area contributed by atoms with E-state index in [1.54, 1.807) is 18.0 Å². The highest BCUT2D eigenvalue weighted by Crippen LogP contribution is 2.31. The van der Waals surface area contributed by atoms with Gasteiger partial charge < -0.3 is 4.90 Å². The first-order valence-corrected chi connectivity index (χ1v) is 7.84. The van der Waals surface area contributed by atoms with Crippen molar-refractivity contribution in [2.24, 2.45) is 0 Å². The quantitative estimate of drug-likeness (QED) is 0.769. The second-order valence-corrected chi connectivity index (χ2v) is 5.99. The van der Waals surface area contributed by atoms with E-state index < -0.39 is 11.7 Å². The number of hydrogen-bond acceptors (Lipinski definition) is 5. The number of aromatic amines is 1. The summed E-state index contributed by atoms with van der Waals surface area (Å²) in [6.07, 6.45) is -3.06. The van der Waals surface area contributed by atoms with Crippen LogP contribution in [-0.4, -0.2) is 32.4 Å². The van der Waals surface area contributed by atoms with Crippen LogP contribution in [0.15, 0.2) is 30.5 Å². The Morgan fingerprint density at radius 2 is 1.96 bits per heavy atom. The lowest BCUT2D eigenvalue weighted by atomic mass is 10.1. The lowest BCUT2D eigenvalue weighted by Gasteiger charge is -2.17. The molecule has 0 bridgehead atoms. The molecule has 2 heterocycles. The number of aryl methyl sites for hydroxylation is 2. The standard InChI is InChI=1S/C17H17F3N6/c1-10-14(11(2)24-23-10)9-26(3)16-22-15(8-21-25-16)12-5-4-6-13(7-12)17(18,19)20/h4-8H,9H2,1-3H3,(H,23,24). The molecule has 0 radical (unpaired) electrons. The van der Waals surface area contributed by atoms with E-state index in [0.29, 0.717) is 23.8 Å². The van der Waals surface area contributed by atoms with Crippen molar-refractivity contribution in [1.82, 2.24) is 25.4 Å². The highest BCUT2D eigenvalue weighted by molar-refractivity contribution is 5.60. The normalized spacial score (nSPS) is 11.6. The molecule has 2 aromatic heterocycles. The second kappa shape index (κ2) is 6.74. The molecule has 0 aliphatic heterocycles. The average molecular weight is 362 g/mol. The molecule has 0 unspecified atom stereocenters. The fourth-order valence-corrected chi connectivity index (χ4v) is 2.56. The summed E-state index contributed by atoms with van der Waals surface area (Å²) in [5.74, 6) is 0.319. The van der Waals surface area contributed by atoms with Gasteiger partial charge in [-0.05, 0) is 26.0 Å². The fourth-order valence-electron chi connectivity index (χ4n) is 2.56. The van der Waals surface area contributed by atoms with Crippen LogP contribution in [-0.2, 0) is 12.7 Å². The number of halogens is 3. The first kappa shape index (κ1) is 17.8. The minimum Gasteiger partial charge on any atom is -0.338 e. The van der Waals surface area contributed by atoms with Gasteiger partial charge in [0.2, 0.25) is 5.95 Å². The van der Waals surface area contributed by atoms with Crippen LogP contribution < -0.4 is 4.90 Å². The third-order valence-electron chi connectivity index (χ3n) is 4.05. The largest absolute Gasteiger partial charge is 0.416 e. The van der Waals surface area contributed by atoms with Crippen LogP contribution in [0.1, 0.15) is 22.5 Å². The number of benzene rings is 1. The van der Waals surface area contributed by atoms with Crippen molar-refractivity contribution in [2.75, 3.05) is 11.9 Å². The summed E-state index contributed by atoms with van der Waals surface area (Å²) in [7, 11) is 1.79. The molecule has 26 heavy (non-hydrogen) atoms. The Morgan fingerprint density at radius 3 is 2.62 bits per heavy atom. The number of H-pyrrole nitrogens is 1. The smallest absolute Gasteiger partial charge is 0.338 e. The number of aromatic nitrogens is 5. The molecule has 1 N–H and O–H groups in total. The van der Waals surface area contributed by atoms with Crippen molar-refractivity contribution < 1.29 is 13.2 Å². The summed E-state index contributed by atoms with van der Waals surface area (Å²) in [4.78, 5) is 6.13. The number of rotatable bonds is 4. The van der Waals surface area contributed by atoms with E-state index in [1.165, 1.54) is 12.3 Å². The Kier molecular flexibility index (Phi) is 4.62. The molecular weight excluding hydrogens is 345 g/mol. The molecule has 0 spiro atoms. The van der Waals surface area contributed by atoms with Crippen LogP contribution in [0.4, 0.5) is 19.1 Å². The zero-order valence-electron chi connectivity index (χ0n) is 14.5. The SMILES string of the molecule is Cc1n[nH]c(C)c1CN(C)c1nncc(-c2cccc(C(F)(F)F)c2)n1. The van der Waals surface area contributed by atoms with E-state index >= 15 is 0 Å². The van der Waals surface area contributed by atoms with E-state index in [2.05, 4.69) is 25.4 Å². The molecule has 0 saturated heterocycles. The summed E-state index contributed by atoms with van der Waals surface area (Å²) < 4.78 is 38.7. The van der Waals surface area contributed by atoms with Crippen LogP contribution in [0.25, 0.3) is 11.3 Å². The van der Waals surface area contributed by atoms with Gasteiger partial charge in [-0.2, -0.15) is 23.4 Å². The van der Waals surface area contributed by atoms with Crippen molar-refractivity contribution in [3.05, 3.63) is 53.0 Å². The number of anilines is 1. The molecule has 0 aliphatic rings. The highest BCUT2D eigenvalue weighted by Gasteiger charge is 2.30. The zero-order chi connectivity index (χ0) is 18.9. The summed E-state index contributed by atoms with van der Waals surface area (Å²) in [6, 6.07) is 4.99. The Labute approximate surface area is 148 Å². The first-order valence-electron chi connectivity index (χ1n) is 7.84. The Bertz CT molecular complexity index is 899. The lowest BCUT2D eigenvalue weighted by Crippen LogP contribution is -2.20. The van der Waals surface area contributed by atoms with E-state index in [0.717, 1.165) is 29.1 Å². The highest BCUT2D eigenvalue weighted by atomic mass is 19.4. The van der Waals surface area contributed by atoms with Gasteiger partial charge in [-0.15, -0.1) is 5.10 Å². The molecule has 3 rings (SSSR count). The molecule has 0 amide bonds. The summed E-state index contributed by atoms with van der Waals surface area (Å²) in [6.45, 7) is 4.31. The number of alkyl halides is 3. The zero-order valence-corrected chi connectivity index (χ0v) is 14.5. The van der Waals surface area contributed by atoms with Crippen LogP contribution in [0, 0.1) is 13.8 Å². The molecule has 0 aliphatic carbocycles. The monoisotopic (exact) mass is 362 g/mol. The molecule has 0 fully saturated rings. The van der Waals surface area contributed by atoms with Gasteiger partial charge in [0.15, 0.2) is 0 Å². The predicted molar refractivity (Wildman–Crippen MR) is 90.4 cm³/mol. The number of hydrogen-bond donors (Lipinski definition) is 1. The maximum atomic E-state index is 12.9. The molecular formula is C17H17F3N6. The lowest BCUT2D eigenvalue weighted by molar-refractivity contribution is -0.137. The third-order valence-corrected chi connectivity index (χ3v) is 4.05. The molecule has 0 saturated carbocycles. The molecule has 136 valence electrons. The minimum atomic E-state index is -4.41. The van der Waals surface area contributed by atoms with Gasteiger partial charge >= 0.3 is 6.18 Å². The van der Waals surface area contributed by atoms with Crippen LogP contribution in [0.3, 0.4) is 0 Å². The van der Waals surface area contributed by atoms with Gasteiger partial charge in [-0.25, -0.2) is 4.98 Å². The van der Waals surface area contributed by atoms with Crippen molar-refractivity contribution in [2.45, 2.75) is 26.6 Å².